The second-order valence-electron chi connectivity index (χ2n) is 7.65. The van der Waals surface area contributed by atoms with Crippen molar-refractivity contribution in [3.8, 4) is 0 Å². The van der Waals surface area contributed by atoms with Crippen LogP contribution in [0.2, 0.25) is 0 Å². The molecule has 1 saturated heterocycles. The Morgan fingerprint density at radius 3 is 2.75 bits per heavy atom. The van der Waals surface area contributed by atoms with Gasteiger partial charge >= 0.3 is 0 Å². The van der Waals surface area contributed by atoms with E-state index in [4.69, 9.17) is 9.97 Å². The molecule has 0 aliphatic carbocycles. The van der Waals surface area contributed by atoms with E-state index in [1.54, 1.807) is 21.8 Å². The Morgan fingerprint density at radius 1 is 1.18 bits per heavy atom. The molecular weight excluding hydrogens is 370 g/mol. The van der Waals surface area contributed by atoms with Crippen LogP contribution in [0.5, 0.6) is 0 Å². The van der Waals surface area contributed by atoms with Gasteiger partial charge in [-0.3, -0.25) is 14.1 Å². The number of hydrogen-bond acceptors (Lipinski definition) is 5. The fourth-order valence-electron chi connectivity index (χ4n) is 4.25. The maximum absolute atomic E-state index is 12.3. The van der Waals surface area contributed by atoms with Crippen molar-refractivity contribution in [3.05, 3.63) is 63.3 Å². The van der Waals surface area contributed by atoms with Gasteiger partial charge in [0.1, 0.15) is 5.82 Å². The second-order valence-corrected chi connectivity index (χ2v) is 8.86. The molecule has 4 heterocycles. The minimum Gasteiger partial charge on any atom is -0.331 e. The topological polar surface area (TPSA) is 55.4 Å². The van der Waals surface area contributed by atoms with Crippen LogP contribution in [0.1, 0.15) is 35.2 Å². The zero-order valence-electron chi connectivity index (χ0n) is 16.1. The largest absolute Gasteiger partial charge is 0.331 e. The van der Waals surface area contributed by atoms with Crippen molar-refractivity contribution in [3.63, 3.8) is 0 Å². The summed E-state index contributed by atoms with van der Waals surface area (Å²) in [5.74, 6) is 1.67. The zero-order valence-corrected chi connectivity index (χ0v) is 16.9. The summed E-state index contributed by atoms with van der Waals surface area (Å²) in [7, 11) is 2.12. The van der Waals surface area contributed by atoms with Crippen molar-refractivity contribution in [1.82, 2.24) is 23.8 Å². The Morgan fingerprint density at radius 2 is 1.96 bits per heavy atom. The first-order valence-electron chi connectivity index (χ1n) is 9.71. The number of aromatic nitrogens is 4. The summed E-state index contributed by atoms with van der Waals surface area (Å²) in [6.45, 7) is 4.74. The molecule has 0 bridgehead atoms. The van der Waals surface area contributed by atoms with Crippen LogP contribution < -0.4 is 5.56 Å². The average molecular weight is 394 g/mol. The molecule has 0 amide bonds. The van der Waals surface area contributed by atoms with Crippen molar-refractivity contribution in [2.75, 3.05) is 13.1 Å². The Kier molecular flexibility index (Phi) is 4.29. The maximum atomic E-state index is 12.3. The van der Waals surface area contributed by atoms with E-state index in [1.807, 2.05) is 19.2 Å². The maximum Gasteiger partial charge on any atom is 0.258 e. The lowest BCUT2D eigenvalue weighted by molar-refractivity contribution is 0.199. The highest BCUT2D eigenvalue weighted by atomic mass is 32.1. The predicted octanol–water partition coefficient (Wildman–Crippen LogP) is 3.33. The van der Waals surface area contributed by atoms with Gasteiger partial charge < -0.3 is 4.57 Å². The van der Waals surface area contributed by atoms with E-state index >= 15 is 0 Å². The molecule has 0 unspecified atom stereocenters. The molecule has 1 aliphatic heterocycles. The van der Waals surface area contributed by atoms with Crippen molar-refractivity contribution in [2.45, 2.75) is 32.2 Å². The lowest BCUT2D eigenvalue weighted by atomic mass is 9.96. The van der Waals surface area contributed by atoms with E-state index in [0.717, 1.165) is 53.5 Å². The SMILES string of the molecule is Cc1cn2c(=O)cc(CN3CCC(c4nc5ccccc5n4C)CC3)nc2s1. The number of nitrogens with zero attached hydrogens (tertiary/aromatic N) is 5. The highest BCUT2D eigenvalue weighted by Gasteiger charge is 2.25. The molecule has 0 N–H and O–H groups in total. The van der Waals surface area contributed by atoms with Crippen molar-refractivity contribution >= 4 is 27.3 Å². The summed E-state index contributed by atoms with van der Waals surface area (Å²) in [5.41, 5.74) is 3.16. The summed E-state index contributed by atoms with van der Waals surface area (Å²) in [6.07, 6.45) is 4.02. The average Bonchev–Trinajstić information content (AvgIpc) is 3.23. The Labute approximate surface area is 167 Å². The van der Waals surface area contributed by atoms with E-state index in [9.17, 15) is 4.79 Å². The summed E-state index contributed by atoms with van der Waals surface area (Å²) in [6, 6.07) is 10.0. The summed E-state index contributed by atoms with van der Waals surface area (Å²) in [4.78, 5) is 26.2. The van der Waals surface area contributed by atoms with Crippen LogP contribution in [0.3, 0.4) is 0 Å². The summed E-state index contributed by atoms with van der Waals surface area (Å²) in [5, 5.41) is 0. The molecule has 3 aromatic heterocycles. The van der Waals surface area contributed by atoms with Crippen LogP contribution in [0.25, 0.3) is 16.0 Å². The first-order valence-corrected chi connectivity index (χ1v) is 10.5. The molecule has 0 saturated carbocycles. The van der Waals surface area contributed by atoms with Crippen LogP contribution in [-0.4, -0.2) is 36.9 Å². The highest BCUT2D eigenvalue weighted by Crippen LogP contribution is 2.30. The van der Waals surface area contributed by atoms with E-state index in [2.05, 4.69) is 34.7 Å². The van der Waals surface area contributed by atoms with Crippen LogP contribution >= 0.6 is 11.3 Å². The van der Waals surface area contributed by atoms with Gasteiger partial charge in [0.05, 0.1) is 16.7 Å². The predicted molar refractivity (Wildman–Crippen MR) is 112 cm³/mol. The first kappa shape index (κ1) is 17.6. The Balaban J connectivity index is 1.30. The molecule has 0 spiro atoms. The third-order valence-corrected chi connectivity index (χ3v) is 6.59. The fourth-order valence-corrected chi connectivity index (χ4v) is 5.10. The molecule has 6 nitrogen and oxygen atoms in total. The molecule has 5 rings (SSSR count). The number of likely N-dealkylation sites (tertiary alicyclic amines) is 1. The van der Waals surface area contributed by atoms with E-state index in [0.29, 0.717) is 5.92 Å². The van der Waals surface area contributed by atoms with Gasteiger partial charge in [-0.2, -0.15) is 0 Å². The van der Waals surface area contributed by atoms with Gasteiger partial charge in [-0.1, -0.05) is 12.1 Å². The van der Waals surface area contributed by atoms with Gasteiger partial charge in [0.15, 0.2) is 4.96 Å². The molecule has 1 aliphatic rings. The van der Waals surface area contributed by atoms with E-state index in [-0.39, 0.29) is 5.56 Å². The van der Waals surface area contributed by atoms with Gasteiger partial charge in [-0.05, 0) is 45.0 Å². The zero-order chi connectivity index (χ0) is 19.3. The van der Waals surface area contributed by atoms with Crippen LogP contribution in [0.4, 0.5) is 0 Å². The van der Waals surface area contributed by atoms with Gasteiger partial charge in [-0.25, -0.2) is 9.97 Å². The van der Waals surface area contributed by atoms with Crippen molar-refractivity contribution < 1.29 is 0 Å². The molecular formula is C21H23N5OS. The second kappa shape index (κ2) is 6.83. The molecule has 144 valence electrons. The number of rotatable bonds is 3. The van der Waals surface area contributed by atoms with Crippen LogP contribution in [-0.2, 0) is 13.6 Å². The van der Waals surface area contributed by atoms with Crippen LogP contribution in [0, 0.1) is 6.92 Å². The van der Waals surface area contributed by atoms with Gasteiger partial charge in [0, 0.05) is 36.7 Å². The van der Waals surface area contributed by atoms with Crippen LogP contribution in [0.15, 0.2) is 41.3 Å². The summed E-state index contributed by atoms with van der Waals surface area (Å²) < 4.78 is 3.88. The summed E-state index contributed by atoms with van der Waals surface area (Å²) >= 11 is 1.57. The Hall–Kier alpha value is -2.51. The first-order chi connectivity index (χ1) is 13.6. The van der Waals surface area contributed by atoms with E-state index < -0.39 is 0 Å². The lowest BCUT2D eigenvalue weighted by Gasteiger charge is -2.31. The highest BCUT2D eigenvalue weighted by molar-refractivity contribution is 7.16. The van der Waals surface area contributed by atoms with Crippen molar-refractivity contribution in [2.24, 2.45) is 7.05 Å². The number of para-hydroxylation sites is 2. The Bertz CT molecular complexity index is 1210. The number of piperidine rings is 1. The molecule has 7 heteroatoms. The molecule has 4 aromatic rings. The van der Waals surface area contributed by atoms with E-state index in [1.165, 1.54) is 11.3 Å². The third kappa shape index (κ3) is 3.04. The normalized spacial score (nSPS) is 16.4. The smallest absolute Gasteiger partial charge is 0.258 e. The number of hydrogen-bond donors (Lipinski definition) is 0. The third-order valence-electron chi connectivity index (χ3n) is 5.70. The van der Waals surface area contributed by atoms with Gasteiger partial charge in [0.25, 0.3) is 5.56 Å². The fraction of sp³-hybridized carbons (Fsp3) is 0.381. The number of imidazole rings is 1. The lowest BCUT2D eigenvalue weighted by Crippen LogP contribution is -2.33. The quantitative estimate of drug-likeness (QED) is 0.536. The molecule has 0 atom stereocenters. The number of aryl methyl sites for hydroxylation is 2. The minimum atomic E-state index is 0.0129. The van der Waals surface area contributed by atoms with Crippen molar-refractivity contribution in [1.29, 1.82) is 0 Å². The monoisotopic (exact) mass is 393 g/mol. The molecule has 1 aromatic carbocycles. The van der Waals surface area contributed by atoms with Gasteiger partial charge in [0.2, 0.25) is 0 Å². The standard InChI is InChI=1S/C21H23N5OS/c1-14-12-26-19(27)11-16(22-21(26)28-14)13-25-9-7-15(8-10-25)20-23-17-5-3-4-6-18(17)24(20)2/h3-6,11-12,15H,7-10,13H2,1-2H3. The molecule has 1 fully saturated rings. The molecule has 0 radical (unpaired) electrons. The van der Waals surface area contributed by atoms with Gasteiger partial charge in [-0.15, -0.1) is 11.3 Å². The number of thiazole rings is 1. The minimum absolute atomic E-state index is 0.0129. The number of fused-ring (bicyclic) bond motifs is 2. The molecule has 28 heavy (non-hydrogen) atoms. The number of benzene rings is 1.